The van der Waals surface area contributed by atoms with Gasteiger partial charge in [0.2, 0.25) is 0 Å². The number of aliphatic carboxylic acids is 1. The number of carboxylic acid groups (broad SMARTS) is 1. The molecule has 0 aliphatic carbocycles. The molecule has 6 heteroatoms. The van der Waals surface area contributed by atoms with E-state index in [0.717, 1.165) is 15.7 Å². The van der Waals surface area contributed by atoms with Gasteiger partial charge < -0.3 is 10.8 Å². The molecule has 1 atom stereocenters. The summed E-state index contributed by atoms with van der Waals surface area (Å²) >= 11 is 3.11. The third-order valence-corrected chi connectivity index (χ3v) is 4.33. The van der Waals surface area contributed by atoms with Gasteiger partial charge in [-0.1, -0.05) is 18.2 Å². The third-order valence-electron chi connectivity index (χ3n) is 2.26. The summed E-state index contributed by atoms with van der Waals surface area (Å²) in [5.74, 6) is -0.330. The average molecular weight is 280 g/mol. The Morgan fingerprint density at radius 2 is 2.17 bits per heavy atom. The van der Waals surface area contributed by atoms with E-state index in [2.05, 4.69) is 4.98 Å². The molecular weight excluding hydrogens is 268 g/mol. The fourth-order valence-corrected chi connectivity index (χ4v) is 3.09. The van der Waals surface area contributed by atoms with Crippen molar-refractivity contribution in [2.24, 2.45) is 5.73 Å². The molecule has 1 aromatic carbocycles. The fourth-order valence-electron chi connectivity index (χ4n) is 1.32. The Bertz CT molecular complexity index is 528. The van der Waals surface area contributed by atoms with Crippen molar-refractivity contribution < 1.29 is 9.90 Å². The van der Waals surface area contributed by atoms with E-state index in [0.29, 0.717) is 5.69 Å². The van der Waals surface area contributed by atoms with Crippen LogP contribution >= 0.6 is 23.1 Å². The van der Waals surface area contributed by atoms with E-state index in [1.54, 1.807) is 17.1 Å². The quantitative estimate of drug-likeness (QED) is 0.823. The lowest BCUT2D eigenvalue weighted by atomic mass is 10.2. The molecule has 0 saturated heterocycles. The molecular formula is C12H12N2O2S2. The predicted octanol–water partition coefficient (Wildman–Crippen LogP) is 2.52. The Hall–Kier alpha value is -1.37. The molecule has 3 N–H and O–H groups in total. The lowest BCUT2D eigenvalue weighted by Crippen LogP contribution is -2.20. The van der Waals surface area contributed by atoms with Gasteiger partial charge in [0.1, 0.15) is 11.0 Å². The maximum atomic E-state index is 10.7. The van der Waals surface area contributed by atoms with Gasteiger partial charge in [0.15, 0.2) is 0 Å². The van der Waals surface area contributed by atoms with Gasteiger partial charge in [-0.3, -0.25) is 4.79 Å². The smallest absolute Gasteiger partial charge is 0.326 e. The number of benzene rings is 1. The lowest BCUT2D eigenvalue weighted by molar-refractivity contribution is -0.138. The van der Waals surface area contributed by atoms with Crippen molar-refractivity contribution in [3.63, 3.8) is 0 Å². The van der Waals surface area contributed by atoms with Crippen molar-refractivity contribution in [2.75, 3.05) is 0 Å². The Balaban J connectivity index is 1.97. The second-order valence-electron chi connectivity index (χ2n) is 3.58. The topological polar surface area (TPSA) is 76.2 Å². The monoisotopic (exact) mass is 280 g/mol. The summed E-state index contributed by atoms with van der Waals surface area (Å²) in [6, 6.07) is 8.96. The molecule has 0 saturated carbocycles. The number of aromatic nitrogens is 1. The Morgan fingerprint density at radius 1 is 1.44 bits per heavy atom. The van der Waals surface area contributed by atoms with Crippen LogP contribution in [0.5, 0.6) is 0 Å². The van der Waals surface area contributed by atoms with Crippen LogP contribution in [-0.2, 0) is 10.5 Å². The van der Waals surface area contributed by atoms with Gasteiger partial charge >= 0.3 is 5.97 Å². The summed E-state index contributed by atoms with van der Waals surface area (Å²) < 4.78 is 0. The number of hydrogen-bond acceptors (Lipinski definition) is 5. The van der Waals surface area contributed by atoms with Crippen LogP contribution in [0.15, 0.2) is 40.6 Å². The summed E-state index contributed by atoms with van der Waals surface area (Å²) in [5.41, 5.74) is 5.92. The molecule has 2 aromatic rings. The Kier molecular flexibility index (Phi) is 4.35. The molecule has 0 fully saturated rings. The highest BCUT2D eigenvalue weighted by atomic mass is 32.2. The highest BCUT2D eigenvalue weighted by Crippen LogP contribution is 2.25. The van der Waals surface area contributed by atoms with Crippen LogP contribution in [0.3, 0.4) is 0 Å². The highest BCUT2D eigenvalue weighted by molar-refractivity contribution is 7.98. The van der Waals surface area contributed by atoms with Gasteiger partial charge in [0.25, 0.3) is 0 Å². The van der Waals surface area contributed by atoms with E-state index >= 15 is 0 Å². The fraction of sp³-hybridized carbons (Fsp3) is 0.167. The molecule has 0 spiro atoms. The number of carbonyl (C=O) groups is 1. The van der Waals surface area contributed by atoms with Crippen LogP contribution in [0.25, 0.3) is 0 Å². The zero-order valence-electron chi connectivity index (χ0n) is 9.45. The van der Waals surface area contributed by atoms with E-state index in [9.17, 15) is 4.79 Å². The highest BCUT2D eigenvalue weighted by Gasteiger charge is 2.17. The number of carboxylic acids is 1. The molecule has 18 heavy (non-hydrogen) atoms. The van der Waals surface area contributed by atoms with E-state index in [-0.39, 0.29) is 0 Å². The van der Waals surface area contributed by atoms with Crippen molar-refractivity contribution in [2.45, 2.75) is 16.7 Å². The molecule has 1 unspecified atom stereocenters. The maximum absolute atomic E-state index is 10.7. The van der Waals surface area contributed by atoms with E-state index in [1.807, 2.05) is 30.3 Å². The number of rotatable bonds is 5. The zero-order valence-corrected chi connectivity index (χ0v) is 11.1. The number of thioether (sulfide) groups is 1. The molecule has 94 valence electrons. The second-order valence-corrected chi connectivity index (χ2v) is 5.58. The first-order valence-electron chi connectivity index (χ1n) is 5.27. The van der Waals surface area contributed by atoms with Crippen LogP contribution in [0.2, 0.25) is 0 Å². The minimum Gasteiger partial charge on any atom is -0.480 e. The maximum Gasteiger partial charge on any atom is 0.326 e. The van der Waals surface area contributed by atoms with Crippen molar-refractivity contribution in [1.29, 1.82) is 0 Å². The Labute approximate surface area is 113 Å². The van der Waals surface area contributed by atoms with Gasteiger partial charge in [0, 0.05) is 10.3 Å². The molecule has 2 rings (SSSR count). The van der Waals surface area contributed by atoms with Crippen LogP contribution in [-0.4, -0.2) is 16.1 Å². The van der Waals surface area contributed by atoms with Crippen LogP contribution in [0.4, 0.5) is 0 Å². The number of hydrogen-bond donors (Lipinski definition) is 2. The summed E-state index contributed by atoms with van der Waals surface area (Å²) in [5, 5.41) is 11.4. The van der Waals surface area contributed by atoms with Crippen molar-refractivity contribution in [1.82, 2.24) is 4.98 Å². The van der Waals surface area contributed by atoms with E-state index in [4.69, 9.17) is 10.8 Å². The van der Waals surface area contributed by atoms with Gasteiger partial charge in [-0.2, -0.15) is 0 Å². The first-order valence-corrected chi connectivity index (χ1v) is 7.14. The SMILES string of the molecule is NC(C(=O)O)c1csc(CSc2ccccc2)n1. The van der Waals surface area contributed by atoms with Crippen molar-refractivity contribution >= 4 is 29.1 Å². The zero-order chi connectivity index (χ0) is 13.0. The molecule has 0 aliphatic rings. The van der Waals surface area contributed by atoms with Crippen molar-refractivity contribution in [3.8, 4) is 0 Å². The first kappa shape index (κ1) is 13.1. The van der Waals surface area contributed by atoms with Crippen molar-refractivity contribution in [3.05, 3.63) is 46.4 Å². The molecule has 4 nitrogen and oxygen atoms in total. The molecule has 0 radical (unpaired) electrons. The predicted molar refractivity (Wildman–Crippen MR) is 72.7 cm³/mol. The summed E-state index contributed by atoms with van der Waals surface area (Å²) in [6.45, 7) is 0. The van der Waals surface area contributed by atoms with E-state index < -0.39 is 12.0 Å². The standard InChI is InChI=1S/C12H12N2O2S2/c13-11(12(15)16)9-6-18-10(14-9)7-17-8-4-2-1-3-5-8/h1-6,11H,7,13H2,(H,15,16). The molecule has 1 heterocycles. The minimum atomic E-state index is -1.05. The van der Waals surface area contributed by atoms with Crippen LogP contribution in [0.1, 0.15) is 16.7 Å². The first-order chi connectivity index (χ1) is 8.66. The molecule has 0 bridgehead atoms. The summed E-state index contributed by atoms with van der Waals surface area (Å²) in [6.07, 6.45) is 0. The summed E-state index contributed by atoms with van der Waals surface area (Å²) in [4.78, 5) is 16.1. The number of nitrogens with zero attached hydrogens (tertiary/aromatic N) is 1. The van der Waals surface area contributed by atoms with Gasteiger partial charge in [-0.05, 0) is 12.1 Å². The van der Waals surface area contributed by atoms with Crippen LogP contribution in [0, 0.1) is 0 Å². The van der Waals surface area contributed by atoms with Gasteiger partial charge in [-0.15, -0.1) is 23.1 Å². The van der Waals surface area contributed by atoms with Gasteiger partial charge in [-0.25, -0.2) is 4.98 Å². The third kappa shape index (κ3) is 3.32. The molecule has 1 aromatic heterocycles. The van der Waals surface area contributed by atoms with Crippen LogP contribution < -0.4 is 5.73 Å². The number of thiazole rings is 1. The Morgan fingerprint density at radius 3 is 2.83 bits per heavy atom. The lowest BCUT2D eigenvalue weighted by Gasteiger charge is -2.01. The average Bonchev–Trinajstić information content (AvgIpc) is 2.85. The summed E-state index contributed by atoms with van der Waals surface area (Å²) in [7, 11) is 0. The molecule has 0 aliphatic heterocycles. The normalized spacial score (nSPS) is 12.3. The number of nitrogens with two attached hydrogens (primary N) is 1. The minimum absolute atomic E-state index is 0.427. The molecule has 0 amide bonds. The second kappa shape index (κ2) is 5.99. The largest absolute Gasteiger partial charge is 0.480 e. The van der Waals surface area contributed by atoms with E-state index in [1.165, 1.54) is 11.3 Å². The van der Waals surface area contributed by atoms with Gasteiger partial charge in [0.05, 0.1) is 11.4 Å².